The third-order valence-corrected chi connectivity index (χ3v) is 3.41. The molecule has 1 aliphatic heterocycles. The van der Waals surface area contributed by atoms with Crippen LogP contribution in [0.15, 0.2) is 29.3 Å². The van der Waals surface area contributed by atoms with Gasteiger partial charge in [0.25, 0.3) is 0 Å². The molecule has 2 aliphatic rings. The van der Waals surface area contributed by atoms with Crippen molar-refractivity contribution in [1.29, 1.82) is 0 Å². The van der Waals surface area contributed by atoms with Gasteiger partial charge in [0.1, 0.15) is 0 Å². The van der Waals surface area contributed by atoms with Crippen molar-refractivity contribution in [3.8, 4) is 0 Å². The molecule has 0 N–H and O–H groups in total. The first-order chi connectivity index (χ1) is 7.62. The molecule has 3 rings (SSSR count). The van der Waals surface area contributed by atoms with Crippen molar-refractivity contribution in [2.75, 3.05) is 0 Å². The van der Waals surface area contributed by atoms with E-state index in [0.29, 0.717) is 10.9 Å². The molecule has 0 amide bonds. The van der Waals surface area contributed by atoms with Crippen LogP contribution in [0.1, 0.15) is 24.8 Å². The van der Waals surface area contributed by atoms with Crippen molar-refractivity contribution >= 4 is 23.5 Å². The van der Waals surface area contributed by atoms with E-state index < -0.39 is 5.54 Å². The standard InChI is InChI=1S/C12H10ClNO2/c1-7-14-12(11(15)16-7)6-10(12)8-2-4-9(13)5-3-8/h2-5,10H,6H2,1H3/t10-,12-/m1/s1. The smallest absolute Gasteiger partial charge is 0.341 e. The number of halogens is 1. The second-order valence-electron chi connectivity index (χ2n) is 4.25. The van der Waals surface area contributed by atoms with Gasteiger partial charge in [-0.2, -0.15) is 0 Å². The second kappa shape index (κ2) is 3.08. The molecule has 0 unspecified atom stereocenters. The SMILES string of the molecule is CC1=N[C@@]2(C[C@@H]2c2ccc(Cl)cc2)C(=O)O1. The molecule has 1 aromatic rings. The first kappa shape index (κ1) is 9.85. The van der Waals surface area contributed by atoms with E-state index in [2.05, 4.69) is 4.99 Å². The summed E-state index contributed by atoms with van der Waals surface area (Å²) in [5.41, 5.74) is 0.470. The van der Waals surface area contributed by atoms with E-state index in [9.17, 15) is 4.79 Å². The molecule has 0 bridgehead atoms. The van der Waals surface area contributed by atoms with Gasteiger partial charge in [0.15, 0.2) is 11.4 Å². The predicted octanol–water partition coefficient (Wildman–Crippen LogP) is 2.54. The summed E-state index contributed by atoms with van der Waals surface area (Å²) in [5.74, 6) is 0.404. The summed E-state index contributed by atoms with van der Waals surface area (Å²) in [6.45, 7) is 1.71. The Morgan fingerprint density at radius 1 is 1.44 bits per heavy atom. The van der Waals surface area contributed by atoms with Gasteiger partial charge in [0.2, 0.25) is 0 Å². The van der Waals surface area contributed by atoms with Crippen LogP contribution in [0.3, 0.4) is 0 Å². The lowest BCUT2D eigenvalue weighted by Crippen LogP contribution is -2.18. The van der Waals surface area contributed by atoms with E-state index in [1.165, 1.54) is 0 Å². The van der Waals surface area contributed by atoms with Crippen LogP contribution >= 0.6 is 11.6 Å². The Kier molecular flexibility index (Phi) is 1.89. The number of cyclic esters (lactones) is 1. The normalized spacial score (nSPS) is 31.5. The third kappa shape index (κ3) is 1.28. The molecule has 1 saturated carbocycles. The number of carbonyl (C=O) groups is 1. The van der Waals surface area contributed by atoms with Gasteiger partial charge in [0, 0.05) is 17.9 Å². The van der Waals surface area contributed by atoms with Crippen molar-refractivity contribution < 1.29 is 9.53 Å². The molecule has 16 heavy (non-hydrogen) atoms. The molecular weight excluding hydrogens is 226 g/mol. The largest absolute Gasteiger partial charge is 0.410 e. The summed E-state index contributed by atoms with van der Waals surface area (Å²) in [6.07, 6.45) is 0.741. The van der Waals surface area contributed by atoms with Gasteiger partial charge >= 0.3 is 5.97 Å². The Labute approximate surface area is 98.1 Å². The van der Waals surface area contributed by atoms with Gasteiger partial charge in [-0.05, 0) is 24.1 Å². The molecule has 1 heterocycles. The van der Waals surface area contributed by atoms with Crippen LogP contribution in [0.4, 0.5) is 0 Å². The molecule has 1 spiro atoms. The van der Waals surface area contributed by atoms with Crippen LogP contribution in [-0.4, -0.2) is 17.4 Å². The number of ether oxygens (including phenoxy) is 1. The molecule has 0 aromatic heterocycles. The van der Waals surface area contributed by atoms with Gasteiger partial charge in [-0.25, -0.2) is 9.79 Å². The van der Waals surface area contributed by atoms with Gasteiger partial charge in [-0.15, -0.1) is 0 Å². The fourth-order valence-electron chi connectivity index (χ4n) is 2.26. The average Bonchev–Trinajstić information content (AvgIpc) is 2.87. The minimum Gasteiger partial charge on any atom is -0.410 e. The fraction of sp³-hybridized carbons (Fsp3) is 0.333. The Morgan fingerprint density at radius 3 is 2.69 bits per heavy atom. The number of benzene rings is 1. The first-order valence-electron chi connectivity index (χ1n) is 5.16. The average molecular weight is 236 g/mol. The summed E-state index contributed by atoms with van der Waals surface area (Å²) in [6, 6.07) is 7.55. The van der Waals surface area contributed by atoms with Crippen molar-refractivity contribution in [1.82, 2.24) is 0 Å². The highest BCUT2D eigenvalue weighted by atomic mass is 35.5. The van der Waals surface area contributed by atoms with E-state index in [1.54, 1.807) is 6.92 Å². The first-order valence-corrected chi connectivity index (χ1v) is 5.54. The number of carbonyl (C=O) groups excluding carboxylic acids is 1. The quantitative estimate of drug-likeness (QED) is 0.702. The molecule has 0 saturated heterocycles. The van der Waals surface area contributed by atoms with Crippen molar-refractivity contribution in [2.45, 2.75) is 24.8 Å². The summed E-state index contributed by atoms with van der Waals surface area (Å²) in [7, 11) is 0. The fourth-order valence-corrected chi connectivity index (χ4v) is 2.39. The maximum atomic E-state index is 11.7. The maximum Gasteiger partial charge on any atom is 0.341 e. The molecule has 1 aliphatic carbocycles. The van der Waals surface area contributed by atoms with Gasteiger partial charge < -0.3 is 4.74 Å². The predicted molar refractivity (Wildman–Crippen MR) is 60.7 cm³/mol. The molecule has 2 atom stereocenters. The molecule has 4 heteroatoms. The number of hydrogen-bond donors (Lipinski definition) is 0. The number of esters is 1. The summed E-state index contributed by atoms with van der Waals surface area (Å²) in [4.78, 5) is 16.0. The third-order valence-electron chi connectivity index (χ3n) is 3.15. The highest BCUT2D eigenvalue weighted by Crippen LogP contribution is 2.57. The van der Waals surface area contributed by atoms with Gasteiger partial charge in [-0.3, -0.25) is 0 Å². The second-order valence-corrected chi connectivity index (χ2v) is 4.69. The summed E-state index contributed by atoms with van der Waals surface area (Å²) < 4.78 is 5.00. The van der Waals surface area contributed by atoms with Crippen LogP contribution in [0.25, 0.3) is 0 Å². The van der Waals surface area contributed by atoms with E-state index in [1.807, 2.05) is 24.3 Å². The molecule has 1 fully saturated rings. The zero-order valence-corrected chi connectivity index (χ0v) is 9.49. The van der Waals surface area contributed by atoms with Crippen molar-refractivity contribution in [2.24, 2.45) is 4.99 Å². The molecular formula is C12H10ClNO2. The van der Waals surface area contributed by atoms with E-state index in [-0.39, 0.29) is 11.9 Å². The number of hydrogen-bond acceptors (Lipinski definition) is 3. The molecule has 82 valence electrons. The highest BCUT2D eigenvalue weighted by molar-refractivity contribution is 6.30. The monoisotopic (exact) mass is 235 g/mol. The zero-order valence-electron chi connectivity index (χ0n) is 8.74. The van der Waals surface area contributed by atoms with Gasteiger partial charge in [-0.1, -0.05) is 23.7 Å². The van der Waals surface area contributed by atoms with Crippen LogP contribution in [-0.2, 0) is 9.53 Å². The van der Waals surface area contributed by atoms with Crippen LogP contribution < -0.4 is 0 Å². The van der Waals surface area contributed by atoms with Crippen LogP contribution in [0, 0.1) is 0 Å². The van der Waals surface area contributed by atoms with Gasteiger partial charge in [0.05, 0.1) is 0 Å². The number of rotatable bonds is 1. The summed E-state index contributed by atoms with van der Waals surface area (Å²) >= 11 is 5.82. The van der Waals surface area contributed by atoms with E-state index in [4.69, 9.17) is 16.3 Å². The summed E-state index contributed by atoms with van der Waals surface area (Å²) in [5, 5.41) is 0.701. The highest BCUT2D eigenvalue weighted by Gasteiger charge is 2.65. The van der Waals surface area contributed by atoms with Crippen molar-refractivity contribution in [3.05, 3.63) is 34.9 Å². The lowest BCUT2D eigenvalue weighted by atomic mass is 10.1. The Morgan fingerprint density at radius 2 is 2.12 bits per heavy atom. The lowest BCUT2D eigenvalue weighted by molar-refractivity contribution is -0.136. The minimum absolute atomic E-state index is 0.148. The van der Waals surface area contributed by atoms with E-state index >= 15 is 0 Å². The number of aliphatic imine (C=N–C) groups is 1. The van der Waals surface area contributed by atoms with Crippen LogP contribution in [0.5, 0.6) is 0 Å². The maximum absolute atomic E-state index is 11.7. The van der Waals surface area contributed by atoms with Crippen LogP contribution in [0.2, 0.25) is 5.02 Å². The van der Waals surface area contributed by atoms with Crippen molar-refractivity contribution in [3.63, 3.8) is 0 Å². The Balaban J connectivity index is 1.91. The molecule has 3 nitrogen and oxygen atoms in total. The van der Waals surface area contributed by atoms with E-state index in [0.717, 1.165) is 12.0 Å². The Hall–Kier alpha value is -1.35. The topological polar surface area (TPSA) is 38.7 Å². The Bertz CT molecular complexity index is 494. The number of nitrogens with zero attached hydrogens (tertiary/aromatic N) is 1. The molecule has 0 radical (unpaired) electrons. The molecule has 1 aromatic carbocycles. The zero-order chi connectivity index (χ0) is 11.3. The minimum atomic E-state index is -0.627. The lowest BCUT2D eigenvalue weighted by Gasteiger charge is -2.02.